The number of carbonyl (C=O) groups excluding carboxylic acids is 1. The first-order valence-electron chi connectivity index (χ1n) is 7.40. The van der Waals surface area contributed by atoms with Crippen LogP contribution in [0.15, 0.2) is 21.8 Å². The summed E-state index contributed by atoms with van der Waals surface area (Å²) < 4.78 is 1.74. The van der Waals surface area contributed by atoms with Crippen LogP contribution in [0.25, 0.3) is 0 Å². The van der Waals surface area contributed by atoms with Crippen LogP contribution in [0.3, 0.4) is 0 Å². The molecule has 0 aromatic carbocycles. The fraction of sp³-hybridized carbons (Fsp3) is 0.688. The van der Waals surface area contributed by atoms with Gasteiger partial charge in [-0.15, -0.1) is 0 Å². The molecule has 0 heterocycles. The van der Waals surface area contributed by atoms with Crippen LogP contribution in [0.5, 0.6) is 0 Å². The van der Waals surface area contributed by atoms with E-state index in [4.69, 9.17) is 11.6 Å². The van der Waals surface area contributed by atoms with Crippen LogP contribution < -0.4 is 0 Å². The maximum absolute atomic E-state index is 11.2. The van der Waals surface area contributed by atoms with E-state index in [1.807, 2.05) is 0 Å². The second-order valence-corrected chi connectivity index (χ2v) is 21.5. The van der Waals surface area contributed by atoms with Gasteiger partial charge in [0.15, 0.2) is 0 Å². The van der Waals surface area contributed by atoms with E-state index >= 15 is 0 Å². The molecule has 0 fully saturated rings. The fourth-order valence-corrected chi connectivity index (χ4v) is 7.35. The minimum atomic E-state index is -1.95. The third-order valence-electron chi connectivity index (χ3n) is 3.78. The third-order valence-corrected chi connectivity index (χ3v) is 10.8. The second kappa shape index (κ2) is 8.51. The van der Waals surface area contributed by atoms with Crippen LogP contribution in [0.2, 0.25) is 14.8 Å². The van der Waals surface area contributed by atoms with Crippen molar-refractivity contribution in [3.63, 3.8) is 0 Å². The Morgan fingerprint density at radius 2 is 2.16 bits per heavy atom. The first kappa shape index (κ1) is 17.3. The summed E-state index contributed by atoms with van der Waals surface area (Å²) in [6.07, 6.45) is 12.8. The van der Waals surface area contributed by atoms with Gasteiger partial charge in [-0.3, -0.25) is 0 Å². The molecule has 0 radical (unpaired) electrons. The Balaban J connectivity index is 2.56. The van der Waals surface area contributed by atoms with Crippen molar-refractivity contribution in [3.8, 4) is 0 Å². The number of carbonyl (C=O) groups is 1. The van der Waals surface area contributed by atoms with Gasteiger partial charge in [-0.2, -0.15) is 0 Å². The standard InChI is InChI=1S/C13H18ClO.3CH3.Sn/c14-11-5-3-1-2-4-6-12-7-9-13(15)10-8-12;;;;/h4,7,9,12H,1,3,5-6,8,10-11H2;3*1H3;. The van der Waals surface area contributed by atoms with Gasteiger partial charge in [0.05, 0.1) is 0 Å². The van der Waals surface area contributed by atoms with Crippen molar-refractivity contribution in [1.82, 2.24) is 0 Å². The number of ketones is 1. The van der Waals surface area contributed by atoms with Crippen LogP contribution in [0.1, 0.15) is 38.5 Å². The van der Waals surface area contributed by atoms with Crippen molar-refractivity contribution >= 4 is 35.8 Å². The molecule has 1 nitrogen and oxygen atoms in total. The van der Waals surface area contributed by atoms with Crippen LogP contribution >= 0.6 is 11.6 Å². The third kappa shape index (κ3) is 6.99. The molecule has 0 aliphatic heterocycles. The van der Waals surface area contributed by atoms with Crippen molar-refractivity contribution in [1.29, 1.82) is 0 Å². The topological polar surface area (TPSA) is 17.1 Å². The molecular weight excluding hydrogens is 362 g/mol. The average molecular weight is 390 g/mol. The van der Waals surface area contributed by atoms with Gasteiger partial charge in [-0.1, -0.05) is 0 Å². The SMILES string of the molecule is [CH3][Sn]([CH3])([CH3])/[C](=C\CC1C=CC(=O)CC1)CCCCCl. The molecule has 0 N–H and O–H groups in total. The number of hydrogen-bond donors (Lipinski definition) is 0. The van der Waals surface area contributed by atoms with Gasteiger partial charge in [0.2, 0.25) is 0 Å². The van der Waals surface area contributed by atoms with Gasteiger partial charge >= 0.3 is 128 Å². The molecule has 0 aromatic rings. The van der Waals surface area contributed by atoms with Gasteiger partial charge in [0, 0.05) is 0 Å². The fourth-order valence-electron chi connectivity index (χ4n) is 2.43. The zero-order chi connectivity index (χ0) is 14.3. The van der Waals surface area contributed by atoms with E-state index < -0.39 is 18.4 Å². The molecule has 1 aliphatic carbocycles. The Hall–Kier alpha value is 0.239. The van der Waals surface area contributed by atoms with Gasteiger partial charge in [0.25, 0.3) is 0 Å². The van der Waals surface area contributed by atoms with Gasteiger partial charge in [-0.25, -0.2) is 0 Å². The van der Waals surface area contributed by atoms with Crippen molar-refractivity contribution < 1.29 is 4.79 Å². The Morgan fingerprint density at radius 1 is 1.42 bits per heavy atom. The molecular formula is C16H27ClOSn. The zero-order valence-corrected chi connectivity index (χ0v) is 16.2. The number of rotatable bonds is 7. The molecule has 0 spiro atoms. The monoisotopic (exact) mass is 390 g/mol. The summed E-state index contributed by atoms with van der Waals surface area (Å²) in [6, 6.07) is 0. The molecule has 19 heavy (non-hydrogen) atoms. The molecule has 1 unspecified atom stereocenters. The number of alkyl halides is 1. The molecule has 108 valence electrons. The van der Waals surface area contributed by atoms with E-state index in [0.717, 1.165) is 31.6 Å². The molecule has 0 saturated heterocycles. The molecule has 1 aliphatic rings. The first-order chi connectivity index (χ1) is 8.93. The van der Waals surface area contributed by atoms with Gasteiger partial charge in [-0.05, 0) is 0 Å². The summed E-state index contributed by atoms with van der Waals surface area (Å²) >= 11 is 3.82. The molecule has 0 amide bonds. The van der Waals surface area contributed by atoms with E-state index in [-0.39, 0.29) is 5.78 Å². The van der Waals surface area contributed by atoms with E-state index in [1.165, 1.54) is 12.8 Å². The summed E-state index contributed by atoms with van der Waals surface area (Å²) in [5.74, 6) is 1.65. The summed E-state index contributed by atoms with van der Waals surface area (Å²) in [4.78, 5) is 18.6. The van der Waals surface area contributed by atoms with E-state index in [0.29, 0.717) is 5.92 Å². The molecule has 0 aromatic heterocycles. The zero-order valence-electron chi connectivity index (χ0n) is 12.5. The van der Waals surface area contributed by atoms with Crippen LogP contribution in [-0.4, -0.2) is 30.0 Å². The summed E-state index contributed by atoms with van der Waals surface area (Å²) in [6.45, 7) is 0. The molecule has 0 bridgehead atoms. The summed E-state index contributed by atoms with van der Waals surface area (Å²) in [5.41, 5.74) is 0. The summed E-state index contributed by atoms with van der Waals surface area (Å²) in [5, 5.41) is 0. The predicted molar refractivity (Wildman–Crippen MR) is 87.5 cm³/mol. The molecule has 3 heteroatoms. The van der Waals surface area contributed by atoms with E-state index in [2.05, 4.69) is 27.0 Å². The van der Waals surface area contributed by atoms with Gasteiger partial charge < -0.3 is 0 Å². The van der Waals surface area contributed by atoms with Crippen LogP contribution in [0, 0.1) is 5.92 Å². The number of halogens is 1. The Bertz CT molecular complexity index is 352. The molecule has 1 atom stereocenters. The molecule has 1 rings (SSSR count). The van der Waals surface area contributed by atoms with Crippen LogP contribution in [0.4, 0.5) is 0 Å². The summed E-state index contributed by atoms with van der Waals surface area (Å²) in [7, 11) is 0. The molecule has 0 saturated carbocycles. The number of allylic oxidation sites excluding steroid dienone is 4. The van der Waals surface area contributed by atoms with Crippen molar-refractivity contribution in [3.05, 3.63) is 21.8 Å². The average Bonchev–Trinajstić information content (AvgIpc) is 2.34. The van der Waals surface area contributed by atoms with Crippen molar-refractivity contribution in [2.45, 2.75) is 53.3 Å². The second-order valence-electron chi connectivity index (χ2n) is 6.49. The van der Waals surface area contributed by atoms with Crippen molar-refractivity contribution in [2.75, 3.05) is 5.88 Å². The van der Waals surface area contributed by atoms with Gasteiger partial charge in [0.1, 0.15) is 0 Å². The quantitative estimate of drug-likeness (QED) is 0.335. The Labute approximate surface area is 127 Å². The maximum atomic E-state index is 11.2. The normalized spacial score (nSPS) is 20.9. The van der Waals surface area contributed by atoms with E-state index in [1.54, 1.807) is 9.67 Å². The van der Waals surface area contributed by atoms with Crippen LogP contribution in [-0.2, 0) is 4.79 Å². The number of unbranched alkanes of at least 4 members (excludes halogenated alkanes) is 1. The van der Waals surface area contributed by atoms with Crippen molar-refractivity contribution in [2.24, 2.45) is 5.92 Å². The first-order valence-corrected chi connectivity index (χ1v) is 17.9. The predicted octanol–water partition coefficient (Wildman–Crippen LogP) is 5.12. The Kier molecular flexibility index (Phi) is 7.74. The number of hydrogen-bond acceptors (Lipinski definition) is 1. The minimum absolute atomic E-state index is 0.289. The van der Waals surface area contributed by atoms with E-state index in [9.17, 15) is 4.79 Å². The Morgan fingerprint density at radius 3 is 2.68 bits per heavy atom.